The molecule has 7 heteroatoms. The zero-order valence-corrected chi connectivity index (χ0v) is 12.5. The van der Waals surface area contributed by atoms with E-state index in [2.05, 4.69) is 15.4 Å². The summed E-state index contributed by atoms with van der Waals surface area (Å²) in [5.41, 5.74) is 1.44. The van der Waals surface area contributed by atoms with Crippen molar-refractivity contribution in [1.82, 2.24) is 14.6 Å². The minimum Gasteiger partial charge on any atom is -0.346 e. The van der Waals surface area contributed by atoms with Crippen molar-refractivity contribution in [2.24, 2.45) is 0 Å². The minimum atomic E-state index is -0.368. The summed E-state index contributed by atoms with van der Waals surface area (Å²) in [4.78, 5) is 4.27. The molecule has 1 aromatic carbocycles. The summed E-state index contributed by atoms with van der Waals surface area (Å²) >= 11 is 12.1. The molecular weight excluding hydrogens is 314 g/mol. The fourth-order valence-corrected chi connectivity index (χ4v) is 2.62. The van der Waals surface area contributed by atoms with Gasteiger partial charge in [-0.05, 0) is 36.8 Å². The van der Waals surface area contributed by atoms with Gasteiger partial charge in [0.15, 0.2) is 5.65 Å². The number of hydrogen-bond donors (Lipinski definition) is 1. The molecule has 0 bridgehead atoms. The van der Waals surface area contributed by atoms with Crippen LogP contribution in [0.4, 0.5) is 10.3 Å². The molecule has 108 valence electrons. The van der Waals surface area contributed by atoms with E-state index in [9.17, 15) is 4.39 Å². The number of rotatable bonds is 3. The largest absolute Gasteiger partial charge is 0.346 e. The van der Waals surface area contributed by atoms with E-state index >= 15 is 0 Å². The zero-order valence-electron chi connectivity index (χ0n) is 11.0. The molecule has 0 saturated carbocycles. The van der Waals surface area contributed by atoms with Crippen LogP contribution < -0.4 is 5.32 Å². The summed E-state index contributed by atoms with van der Waals surface area (Å²) in [5.74, 6) is 0.0341. The van der Waals surface area contributed by atoms with E-state index in [0.29, 0.717) is 21.6 Å². The van der Waals surface area contributed by atoms with Crippen molar-refractivity contribution in [1.29, 1.82) is 0 Å². The van der Waals surface area contributed by atoms with Crippen LogP contribution in [0.3, 0.4) is 0 Å². The standard InChI is InChI=1S/C14H11Cl2FN4/c1-8(11-4-2-9(15)6-12(11)16)18-14-19-13-5-3-10(17)7-21(13)20-14/h2-8H,1H3,(H,18,20). The summed E-state index contributed by atoms with van der Waals surface area (Å²) in [7, 11) is 0. The Morgan fingerprint density at radius 1 is 1.24 bits per heavy atom. The summed E-state index contributed by atoms with van der Waals surface area (Å²) < 4.78 is 14.5. The van der Waals surface area contributed by atoms with Crippen molar-refractivity contribution in [3.05, 3.63) is 58.0 Å². The highest BCUT2D eigenvalue weighted by Gasteiger charge is 2.13. The molecule has 1 N–H and O–H groups in total. The number of anilines is 1. The van der Waals surface area contributed by atoms with Gasteiger partial charge in [-0.2, -0.15) is 4.98 Å². The van der Waals surface area contributed by atoms with Crippen LogP contribution in [0.2, 0.25) is 10.0 Å². The number of nitrogens with zero attached hydrogens (tertiary/aromatic N) is 3. The van der Waals surface area contributed by atoms with Crippen LogP contribution in [0.25, 0.3) is 5.65 Å². The third kappa shape index (κ3) is 2.94. The molecule has 0 aliphatic rings. The van der Waals surface area contributed by atoms with E-state index in [1.54, 1.807) is 18.2 Å². The average molecular weight is 325 g/mol. The Bertz CT molecular complexity index is 803. The molecule has 2 aromatic heterocycles. The van der Waals surface area contributed by atoms with E-state index in [4.69, 9.17) is 23.2 Å². The van der Waals surface area contributed by atoms with Gasteiger partial charge in [0.2, 0.25) is 5.95 Å². The van der Waals surface area contributed by atoms with Crippen molar-refractivity contribution >= 4 is 34.8 Å². The van der Waals surface area contributed by atoms with Gasteiger partial charge in [0.25, 0.3) is 0 Å². The second-order valence-corrected chi connectivity index (χ2v) is 5.46. The molecule has 2 heterocycles. The fourth-order valence-electron chi connectivity index (χ4n) is 2.04. The van der Waals surface area contributed by atoms with Gasteiger partial charge in [-0.3, -0.25) is 0 Å². The van der Waals surface area contributed by atoms with Crippen LogP contribution in [0.1, 0.15) is 18.5 Å². The third-order valence-electron chi connectivity index (χ3n) is 3.07. The van der Waals surface area contributed by atoms with Gasteiger partial charge < -0.3 is 5.32 Å². The predicted octanol–water partition coefficient (Wildman–Crippen LogP) is 4.35. The van der Waals surface area contributed by atoms with Crippen LogP contribution in [-0.4, -0.2) is 14.6 Å². The van der Waals surface area contributed by atoms with Gasteiger partial charge in [0.05, 0.1) is 12.2 Å². The minimum absolute atomic E-state index is 0.114. The first kappa shape index (κ1) is 14.1. The zero-order chi connectivity index (χ0) is 15.0. The van der Waals surface area contributed by atoms with Crippen molar-refractivity contribution in [2.75, 3.05) is 5.32 Å². The van der Waals surface area contributed by atoms with E-state index in [-0.39, 0.29) is 11.9 Å². The molecule has 1 atom stereocenters. The number of aromatic nitrogens is 3. The van der Waals surface area contributed by atoms with Crippen molar-refractivity contribution in [3.8, 4) is 0 Å². The summed E-state index contributed by atoms with van der Waals surface area (Å²) in [6, 6.07) is 8.09. The Morgan fingerprint density at radius 2 is 2.05 bits per heavy atom. The van der Waals surface area contributed by atoms with Gasteiger partial charge in [-0.25, -0.2) is 8.91 Å². The highest BCUT2D eigenvalue weighted by molar-refractivity contribution is 6.35. The number of fused-ring (bicyclic) bond motifs is 1. The van der Waals surface area contributed by atoms with E-state index in [1.165, 1.54) is 16.8 Å². The molecule has 3 rings (SSSR count). The van der Waals surface area contributed by atoms with Crippen LogP contribution in [0, 0.1) is 5.82 Å². The Hall–Kier alpha value is -1.85. The molecule has 0 radical (unpaired) electrons. The van der Waals surface area contributed by atoms with Gasteiger partial charge >= 0.3 is 0 Å². The highest BCUT2D eigenvalue weighted by atomic mass is 35.5. The second kappa shape index (κ2) is 5.50. The molecule has 1 unspecified atom stereocenters. The van der Waals surface area contributed by atoms with Gasteiger partial charge in [0.1, 0.15) is 5.82 Å². The maximum absolute atomic E-state index is 13.1. The Labute approximate surface area is 130 Å². The Morgan fingerprint density at radius 3 is 2.81 bits per heavy atom. The lowest BCUT2D eigenvalue weighted by Gasteiger charge is -2.14. The average Bonchev–Trinajstić information content (AvgIpc) is 2.79. The smallest absolute Gasteiger partial charge is 0.243 e. The van der Waals surface area contributed by atoms with Gasteiger partial charge in [0, 0.05) is 10.0 Å². The van der Waals surface area contributed by atoms with Crippen molar-refractivity contribution < 1.29 is 4.39 Å². The first-order chi connectivity index (χ1) is 10.0. The SMILES string of the molecule is CC(Nc1nc2ccc(F)cn2n1)c1ccc(Cl)cc1Cl. The van der Waals surface area contributed by atoms with E-state index < -0.39 is 0 Å². The van der Waals surface area contributed by atoms with Crippen LogP contribution in [0.5, 0.6) is 0 Å². The number of pyridine rings is 1. The normalized spacial score (nSPS) is 12.6. The lowest BCUT2D eigenvalue weighted by Crippen LogP contribution is -2.08. The molecule has 0 aliphatic carbocycles. The number of hydrogen-bond acceptors (Lipinski definition) is 3. The summed E-state index contributed by atoms with van der Waals surface area (Å²) in [5, 5.41) is 8.45. The Kier molecular flexibility index (Phi) is 3.69. The van der Waals surface area contributed by atoms with Crippen LogP contribution in [-0.2, 0) is 0 Å². The fraction of sp³-hybridized carbons (Fsp3) is 0.143. The summed E-state index contributed by atoms with van der Waals surface area (Å²) in [6.07, 6.45) is 1.27. The second-order valence-electron chi connectivity index (χ2n) is 4.62. The molecule has 21 heavy (non-hydrogen) atoms. The molecular formula is C14H11Cl2FN4. The van der Waals surface area contributed by atoms with Crippen molar-refractivity contribution in [3.63, 3.8) is 0 Å². The quantitative estimate of drug-likeness (QED) is 0.778. The van der Waals surface area contributed by atoms with E-state index in [0.717, 1.165) is 5.56 Å². The molecule has 4 nitrogen and oxygen atoms in total. The molecule has 0 saturated heterocycles. The molecule has 0 aliphatic heterocycles. The first-order valence-corrected chi connectivity index (χ1v) is 7.02. The molecule has 0 amide bonds. The first-order valence-electron chi connectivity index (χ1n) is 6.26. The topological polar surface area (TPSA) is 42.2 Å². The Balaban J connectivity index is 1.87. The van der Waals surface area contributed by atoms with Crippen LogP contribution in [0.15, 0.2) is 36.5 Å². The number of nitrogens with one attached hydrogen (secondary N) is 1. The van der Waals surface area contributed by atoms with E-state index in [1.807, 2.05) is 13.0 Å². The highest BCUT2D eigenvalue weighted by Crippen LogP contribution is 2.27. The maximum Gasteiger partial charge on any atom is 0.243 e. The predicted molar refractivity (Wildman–Crippen MR) is 81.4 cm³/mol. The third-order valence-corrected chi connectivity index (χ3v) is 3.63. The van der Waals surface area contributed by atoms with Gasteiger partial charge in [-0.15, -0.1) is 5.10 Å². The van der Waals surface area contributed by atoms with Crippen LogP contribution >= 0.6 is 23.2 Å². The van der Waals surface area contributed by atoms with Crippen molar-refractivity contribution in [2.45, 2.75) is 13.0 Å². The lowest BCUT2D eigenvalue weighted by atomic mass is 10.1. The monoisotopic (exact) mass is 324 g/mol. The maximum atomic E-state index is 13.1. The van der Waals surface area contributed by atoms with Gasteiger partial charge in [-0.1, -0.05) is 29.3 Å². The summed E-state index contributed by atoms with van der Waals surface area (Å²) in [6.45, 7) is 1.93. The lowest BCUT2D eigenvalue weighted by molar-refractivity contribution is 0.614. The molecule has 0 spiro atoms. The molecule has 0 fully saturated rings. The number of benzene rings is 1. The number of halogens is 3. The molecule has 3 aromatic rings.